The van der Waals surface area contributed by atoms with Gasteiger partial charge in [-0.05, 0) is 6.07 Å². The van der Waals surface area contributed by atoms with E-state index in [1.807, 2.05) is 20.2 Å². The third kappa shape index (κ3) is 1.69. The van der Waals surface area contributed by atoms with Crippen LogP contribution >= 0.6 is 0 Å². The Bertz CT molecular complexity index is 420. The molecule has 80 valence electrons. The quantitative estimate of drug-likeness (QED) is 0.668. The van der Waals surface area contributed by atoms with Crippen molar-refractivity contribution in [3.63, 3.8) is 0 Å². The van der Waals surface area contributed by atoms with Gasteiger partial charge in [-0.15, -0.1) is 0 Å². The fourth-order valence-electron chi connectivity index (χ4n) is 1.52. The van der Waals surface area contributed by atoms with Crippen LogP contribution in [0, 0.1) is 0 Å². The van der Waals surface area contributed by atoms with Gasteiger partial charge in [0.25, 0.3) is 11.7 Å². The Morgan fingerprint density at radius 3 is 2.87 bits per heavy atom. The smallest absolute Gasteiger partial charge is 0.277 e. The zero-order valence-electron chi connectivity index (χ0n) is 9.06. The second kappa shape index (κ2) is 3.92. The molecule has 6 heteroatoms. The van der Waals surface area contributed by atoms with Gasteiger partial charge in [-0.3, -0.25) is 4.68 Å². The summed E-state index contributed by atoms with van der Waals surface area (Å²) in [6.07, 6.45) is 1.75. The van der Waals surface area contributed by atoms with Gasteiger partial charge < -0.3 is 4.74 Å². The molecule has 0 bridgehead atoms. The van der Waals surface area contributed by atoms with Crippen LogP contribution in [0.5, 0.6) is 0 Å². The molecule has 1 unspecified atom stereocenters. The maximum Gasteiger partial charge on any atom is 0.277 e. The maximum atomic E-state index is 5.04. The number of aryl methyl sites for hydroxylation is 1. The fourth-order valence-corrected chi connectivity index (χ4v) is 1.52. The number of hydrogen-bond donors (Lipinski definition) is 1. The van der Waals surface area contributed by atoms with E-state index in [1.165, 1.54) is 0 Å². The summed E-state index contributed by atoms with van der Waals surface area (Å²) in [5.41, 5.74) is 0.974. The molecule has 1 aromatic rings. The molecule has 0 radical (unpaired) electrons. The van der Waals surface area contributed by atoms with Crippen LogP contribution in [-0.2, 0) is 11.8 Å². The average Bonchev–Trinajstić information content (AvgIpc) is 2.76. The van der Waals surface area contributed by atoms with Gasteiger partial charge in [0.1, 0.15) is 12.3 Å². The average molecular weight is 208 g/mol. The Balaban J connectivity index is 2.20. The highest BCUT2D eigenvalue weighted by Gasteiger charge is 2.28. The van der Waals surface area contributed by atoms with Gasteiger partial charge in [-0.1, -0.05) is 10.2 Å². The molecule has 0 aromatic carbocycles. The molecule has 6 nitrogen and oxygen atoms in total. The highest BCUT2D eigenvalue weighted by atomic mass is 16.5. The molecule has 0 fully saturated rings. The lowest BCUT2D eigenvalue weighted by Crippen LogP contribution is -3.14. The largest absolute Gasteiger partial charge is 0.372 e. The van der Waals surface area contributed by atoms with Gasteiger partial charge in [-0.25, -0.2) is 4.90 Å². The van der Waals surface area contributed by atoms with Crippen molar-refractivity contribution < 1.29 is 9.64 Å². The molecule has 0 saturated carbocycles. The van der Waals surface area contributed by atoms with E-state index in [1.54, 1.807) is 18.0 Å². The Labute approximate surface area is 87.9 Å². The molecule has 2 rings (SSSR count). The van der Waals surface area contributed by atoms with Crippen LogP contribution in [0.1, 0.15) is 5.69 Å². The highest BCUT2D eigenvalue weighted by molar-refractivity contribution is 5.99. The van der Waals surface area contributed by atoms with E-state index in [-0.39, 0.29) is 0 Å². The van der Waals surface area contributed by atoms with Crippen molar-refractivity contribution in [2.45, 2.75) is 0 Å². The minimum absolute atomic E-state index is 0.497. The van der Waals surface area contributed by atoms with Gasteiger partial charge in [0, 0.05) is 20.4 Å². The molecular formula is C9H14N5O+. The van der Waals surface area contributed by atoms with Crippen LogP contribution in [0.15, 0.2) is 22.5 Å². The molecule has 0 amide bonds. The van der Waals surface area contributed by atoms with Crippen LogP contribution in [0.4, 0.5) is 0 Å². The summed E-state index contributed by atoms with van der Waals surface area (Å²) in [6.45, 7) is 0.497. The van der Waals surface area contributed by atoms with E-state index in [4.69, 9.17) is 4.74 Å². The van der Waals surface area contributed by atoms with E-state index >= 15 is 0 Å². The Morgan fingerprint density at radius 2 is 2.27 bits per heavy atom. The molecule has 15 heavy (non-hydrogen) atoms. The number of rotatable bonds is 3. The molecule has 1 aromatic heterocycles. The lowest BCUT2D eigenvalue weighted by Gasteiger charge is -2.09. The van der Waals surface area contributed by atoms with Crippen molar-refractivity contribution >= 4 is 11.7 Å². The SMILES string of the molecule is COCC1=NN=C(c2ccnn2C)[NH+]1C. The predicted molar refractivity (Wildman–Crippen MR) is 55.9 cm³/mol. The summed E-state index contributed by atoms with van der Waals surface area (Å²) in [5, 5.41) is 12.3. The van der Waals surface area contributed by atoms with Crippen LogP contribution in [0.2, 0.25) is 0 Å². The minimum Gasteiger partial charge on any atom is -0.372 e. The second-order valence-electron chi connectivity index (χ2n) is 3.39. The third-order valence-corrected chi connectivity index (χ3v) is 2.40. The van der Waals surface area contributed by atoms with Crippen molar-refractivity contribution in [3.05, 3.63) is 18.0 Å². The summed E-state index contributed by atoms with van der Waals surface area (Å²) in [7, 11) is 5.54. The number of likely N-dealkylation sites (N-methyl/N-ethyl adjacent to an activating group) is 1. The van der Waals surface area contributed by atoms with E-state index in [0.29, 0.717) is 6.61 Å². The molecule has 0 spiro atoms. The number of nitrogens with zero attached hydrogens (tertiary/aromatic N) is 4. The first-order valence-electron chi connectivity index (χ1n) is 4.70. The molecule has 1 aliphatic heterocycles. The Hall–Kier alpha value is -1.53. The lowest BCUT2D eigenvalue weighted by molar-refractivity contribution is -0.673. The number of hydrogen-bond acceptors (Lipinski definition) is 4. The molecule has 1 atom stereocenters. The maximum absolute atomic E-state index is 5.04. The summed E-state index contributed by atoms with van der Waals surface area (Å²) in [4.78, 5) is 1.06. The normalized spacial score (nSPS) is 20.3. The zero-order valence-corrected chi connectivity index (χ0v) is 9.06. The van der Waals surface area contributed by atoms with E-state index in [0.717, 1.165) is 22.3 Å². The summed E-state index contributed by atoms with van der Waals surface area (Å²) < 4.78 is 6.83. The standard InChI is InChI=1S/C9H13N5O/c1-13-8(6-15-3)11-12-9(13)7-4-5-10-14(7)2/h4-5H,6H2,1-3H3/p+1. The summed E-state index contributed by atoms with van der Waals surface area (Å²) >= 11 is 0. The number of aromatic nitrogens is 2. The molecule has 2 heterocycles. The molecule has 1 N–H and O–H groups in total. The van der Waals surface area contributed by atoms with Crippen molar-refractivity contribution in [1.82, 2.24) is 9.78 Å². The molecule has 0 saturated heterocycles. The Morgan fingerprint density at radius 1 is 1.47 bits per heavy atom. The number of methoxy groups -OCH3 is 1. The van der Waals surface area contributed by atoms with Gasteiger partial charge in [0.2, 0.25) is 0 Å². The third-order valence-electron chi connectivity index (χ3n) is 2.40. The first-order chi connectivity index (χ1) is 7.24. The number of amidine groups is 2. The summed E-state index contributed by atoms with van der Waals surface area (Å²) in [6, 6.07) is 1.92. The first kappa shape index (κ1) is 10.0. The zero-order chi connectivity index (χ0) is 10.8. The van der Waals surface area contributed by atoms with Crippen LogP contribution in [0.25, 0.3) is 0 Å². The van der Waals surface area contributed by atoms with E-state index in [2.05, 4.69) is 15.3 Å². The van der Waals surface area contributed by atoms with Crippen LogP contribution in [0.3, 0.4) is 0 Å². The minimum atomic E-state index is 0.497. The van der Waals surface area contributed by atoms with Gasteiger partial charge in [0.05, 0.1) is 7.05 Å². The van der Waals surface area contributed by atoms with E-state index in [9.17, 15) is 0 Å². The predicted octanol–water partition coefficient (Wildman–Crippen LogP) is -1.35. The van der Waals surface area contributed by atoms with Crippen molar-refractivity contribution in [2.75, 3.05) is 20.8 Å². The van der Waals surface area contributed by atoms with Crippen molar-refractivity contribution in [1.29, 1.82) is 0 Å². The topological polar surface area (TPSA) is 56.2 Å². The molecule has 1 aliphatic rings. The Kier molecular flexibility index (Phi) is 2.61. The van der Waals surface area contributed by atoms with Gasteiger partial charge in [0.15, 0.2) is 0 Å². The first-order valence-corrected chi connectivity index (χ1v) is 4.70. The fraction of sp³-hybridized carbons (Fsp3) is 0.444. The number of nitrogens with one attached hydrogen (secondary N) is 1. The van der Waals surface area contributed by atoms with Gasteiger partial charge >= 0.3 is 0 Å². The highest BCUT2D eigenvalue weighted by Crippen LogP contribution is 1.98. The number of ether oxygens (including phenoxy) is 1. The van der Waals surface area contributed by atoms with E-state index < -0.39 is 0 Å². The van der Waals surface area contributed by atoms with Crippen molar-refractivity contribution in [2.24, 2.45) is 17.3 Å². The van der Waals surface area contributed by atoms with Crippen LogP contribution < -0.4 is 4.90 Å². The molecular weight excluding hydrogens is 194 g/mol. The van der Waals surface area contributed by atoms with Gasteiger partial charge in [-0.2, -0.15) is 5.10 Å². The molecule has 0 aliphatic carbocycles. The summed E-state index contributed by atoms with van der Waals surface area (Å²) in [5.74, 6) is 1.76. The lowest BCUT2D eigenvalue weighted by atomic mass is 10.3. The van der Waals surface area contributed by atoms with Crippen LogP contribution in [-0.4, -0.2) is 42.2 Å². The number of quaternary nitrogens is 1. The second-order valence-corrected chi connectivity index (χ2v) is 3.39. The monoisotopic (exact) mass is 208 g/mol. The van der Waals surface area contributed by atoms with Crippen molar-refractivity contribution in [3.8, 4) is 0 Å².